The molecule has 1 saturated heterocycles. The topological polar surface area (TPSA) is 41.1 Å². The van der Waals surface area contributed by atoms with Crippen molar-refractivity contribution >= 4 is 5.82 Å². The Labute approximate surface area is 103 Å². The number of nitrogens with zero attached hydrogens (tertiary/aromatic N) is 3. The molecule has 1 atom stereocenters. The maximum Gasteiger partial charge on any atom is 0.136 e. The molecule has 4 heteroatoms. The lowest BCUT2D eigenvalue weighted by atomic mass is 10.2. The molecule has 1 aromatic rings. The van der Waals surface area contributed by atoms with Gasteiger partial charge < -0.3 is 10.2 Å². The molecular formula is C13H22N4. The van der Waals surface area contributed by atoms with Gasteiger partial charge in [-0.25, -0.2) is 9.97 Å². The van der Waals surface area contributed by atoms with E-state index in [-0.39, 0.29) is 0 Å². The molecule has 4 nitrogen and oxygen atoms in total. The highest BCUT2D eigenvalue weighted by molar-refractivity contribution is 5.46. The van der Waals surface area contributed by atoms with Crippen molar-refractivity contribution in [3.63, 3.8) is 0 Å². The maximum absolute atomic E-state index is 4.45. The van der Waals surface area contributed by atoms with Crippen molar-refractivity contribution in [3.8, 4) is 0 Å². The van der Waals surface area contributed by atoms with Gasteiger partial charge in [0, 0.05) is 31.4 Å². The summed E-state index contributed by atoms with van der Waals surface area (Å²) < 4.78 is 0. The highest BCUT2D eigenvalue weighted by Gasteiger charge is 2.21. The van der Waals surface area contributed by atoms with Crippen LogP contribution >= 0.6 is 0 Å². The molecule has 0 aliphatic carbocycles. The first-order valence-electron chi connectivity index (χ1n) is 6.55. The first kappa shape index (κ1) is 12.3. The molecule has 1 aliphatic heterocycles. The van der Waals surface area contributed by atoms with E-state index in [1.54, 1.807) is 6.33 Å². The standard InChI is InChI=1S/C13H22N4/c1-3-5-14-7-12-8-15-10-16-13(12)17-6-4-11(2)9-17/h8,10-11,14H,3-7,9H2,1-2H3. The first-order chi connectivity index (χ1) is 8.31. The van der Waals surface area contributed by atoms with Crippen LogP contribution in [0, 0.1) is 5.92 Å². The molecule has 0 bridgehead atoms. The highest BCUT2D eigenvalue weighted by Crippen LogP contribution is 2.24. The SMILES string of the molecule is CCCNCc1cncnc1N1CCC(C)C1. The Morgan fingerprint density at radius 2 is 2.41 bits per heavy atom. The fraction of sp³-hybridized carbons (Fsp3) is 0.692. The summed E-state index contributed by atoms with van der Waals surface area (Å²) in [6.07, 6.45) is 6.02. The van der Waals surface area contributed by atoms with Crippen molar-refractivity contribution in [3.05, 3.63) is 18.1 Å². The molecule has 0 aromatic carbocycles. The average Bonchev–Trinajstić information content (AvgIpc) is 2.77. The molecule has 1 N–H and O–H groups in total. The maximum atomic E-state index is 4.45. The third kappa shape index (κ3) is 3.16. The minimum atomic E-state index is 0.779. The Hall–Kier alpha value is -1.16. The molecule has 2 rings (SSSR count). The van der Waals surface area contributed by atoms with E-state index in [1.807, 2.05) is 6.20 Å². The van der Waals surface area contributed by atoms with Gasteiger partial charge in [0.05, 0.1) is 0 Å². The van der Waals surface area contributed by atoms with Crippen LogP contribution in [-0.4, -0.2) is 29.6 Å². The smallest absolute Gasteiger partial charge is 0.136 e. The molecule has 0 radical (unpaired) electrons. The summed E-state index contributed by atoms with van der Waals surface area (Å²) in [4.78, 5) is 11.0. The van der Waals surface area contributed by atoms with Crippen LogP contribution in [0.25, 0.3) is 0 Å². The quantitative estimate of drug-likeness (QED) is 0.789. The fourth-order valence-electron chi connectivity index (χ4n) is 2.29. The van der Waals surface area contributed by atoms with Gasteiger partial charge in [0.15, 0.2) is 0 Å². The van der Waals surface area contributed by atoms with Gasteiger partial charge in [-0.3, -0.25) is 0 Å². The van der Waals surface area contributed by atoms with Crippen molar-refractivity contribution in [2.24, 2.45) is 5.92 Å². The van der Waals surface area contributed by atoms with Crippen LogP contribution in [0.5, 0.6) is 0 Å². The lowest BCUT2D eigenvalue weighted by molar-refractivity contribution is 0.655. The van der Waals surface area contributed by atoms with Gasteiger partial charge in [-0.1, -0.05) is 13.8 Å². The Morgan fingerprint density at radius 3 is 3.12 bits per heavy atom. The van der Waals surface area contributed by atoms with Crippen LogP contribution in [0.2, 0.25) is 0 Å². The largest absolute Gasteiger partial charge is 0.356 e. The number of hydrogen-bond donors (Lipinski definition) is 1. The number of hydrogen-bond acceptors (Lipinski definition) is 4. The summed E-state index contributed by atoms with van der Waals surface area (Å²) in [5.41, 5.74) is 1.22. The minimum Gasteiger partial charge on any atom is -0.356 e. The normalized spacial score (nSPS) is 19.9. The zero-order valence-electron chi connectivity index (χ0n) is 10.8. The van der Waals surface area contributed by atoms with Gasteiger partial charge in [-0.2, -0.15) is 0 Å². The van der Waals surface area contributed by atoms with Gasteiger partial charge >= 0.3 is 0 Å². The summed E-state index contributed by atoms with van der Waals surface area (Å²) in [5.74, 6) is 1.90. The third-order valence-corrected chi connectivity index (χ3v) is 3.23. The Morgan fingerprint density at radius 1 is 1.53 bits per heavy atom. The van der Waals surface area contributed by atoms with Crippen LogP contribution in [-0.2, 0) is 6.54 Å². The second kappa shape index (κ2) is 5.96. The second-order valence-electron chi connectivity index (χ2n) is 4.89. The number of aromatic nitrogens is 2. The monoisotopic (exact) mass is 234 g/mol. The Bertz CT molecular complexity index is 353. The predicted molar refractivity (Wildman–Crippen MR) is 70.0 cm³/mol. The molecule has 1 aromatic heterocycles. The lowest BCUT2D eigenvalue weighted by Gasteiger charge is -2.20. The molecule has 17 heavy (non-hydrogen) atoms. The van der Waals surface area contributed by atoms with Crippen molar-refractivity contribution in [1.29, 1.82) is 0 Å². The summed E-state index contributed by atoms with van der Waals surface area (Å²) >= 11 is 0. The van der Waals surface area contributed by atoms with Gasteiger partial charge in [-0.05, 0) is 25.3 Å². The number of nitrogens with one attached hydrogen (secondary N) is 1. The predicted octanol–water partition coefficient (Wildman–Crippen LogP) is 1.82. The van der Waals surface area contributed by atoms with Gasteiger partial charge in [0.2, 0.25) is 0 Å². The van der Waals surface area contributed by atoms with Crippen LogP contribution < -0.4 is 10.2 Å². The minimum absolute atomic E-state index is 0.779. The van der Waals surface area contributed by atoms with E-state index < -0.39 is 0 Å². The average molecular weight is 234 g/mol. The van der Waals surface area contributed by atoms with Crippen LogP contribution in [0.4, 0.5) is 5.82 Å². The molecule has 94 valence electrons. The summed E-state index contributed by atoms with van der Waals surface area (Å²) in [6, 6.07) is 0. The molecule has 1 unspecified atom stereocenters. The molecule has 1 aliphatic rings. The third-order valence-electron chi connectivity index (χ3n) is 3.23. The zero-order valence-corrected chi connectivity index (χ0v) is 10.8. The molecule has 0 saturated carbocycles. The Balaban J connectivity index is 2.05. The fourth-order valence-corrected chi connectivity index (χ4v) is 2.29. The van der Waals surface area contributed by atoms with E-state index >= 15 is 0 Å². The number of anilines is 1. The highest BCUT2D eigenvalue weighted by atomic mass is 15.2. The van der Waals surface area contributed by atoms with E-state index in [1.165, 1.54) is 12.0 Å². The van der Waals surface area contributed by atoms with Crippen molar-refractivity contribution in [1.82, 2.24) is 15.3 Å². The van der Waals surface area contributed by atoms with Gasteiger partial charge in [0.1, 0.15) is 12.1 Å². The zero-order chi connectivity index (χ0) is 12.1. The van der Waals surface area contributed by atoms with E-state index in [9.17, 15) is 0 Å². The molecular weight excluding hydrogens is 212 g/mol. The van der Waals surface area contributed by atoms with Gasteiger partial charge in [-0.15, -0.1) is 0 Å². The second-order valence-corrected chi connectivity index (χ2v) is 4.89. The van der Waals surface area contributed by atoms with Crippen molar-refractivity contribution < 1.29 is 0 Å². The van der Waals surface area contributed by atoms with E-state index in [0.717, 1.165) is 44.3 Å². The van der Waals surface area contributed by atoms with E-state index in [4.69, 9.17) is 0 Å². The van der Waals surface area contributed by atoms with Crippen LogP contribution in [0.15, 0.2) is 12.5 Å². The molecule has 0 amide bonds. The molecule has 0 spiro atoms. The van der Waals surface area contributed by atoms with Gasteiger partial charge in [0.25, 0.3) is 0 Å². The van der Waals surface area contributed by atoms with E-state index in [0.29, 0.717) is 0 Å². The van der Waals surface area contributed by atoms with Crippen LogP contribution in [0.1, 0.15) is 32.3 Å². The van der Waals surface area contributed by atoms with Crippen molar-refractivity contribution in [2.75, 3.05) is 24.5 Å². The van der Waals surface area contributed by atoms with Crippen molar-refractivity contribution in [2.45, 2.75) is 33.2 Å². The molecule has 1 fully saturated rings. The van der Waals surface area contributed by atoms with Crippen LogP contribution in [0.3, 0.4) is 0 Å². The first-order valence-corrected chi connectivity index (χ1v) is 6.55. The summed E-state index contributed by atoms with van der Waals surface area (Å²) in [7, 11) is 0. The summed E-state index contributed by atoms with van der Waals surface area (Å²) in [6.45, 7) is 8.64. The van der Waals surface area contributed by atoms with E-state index in [2.05, 4.69) is 34.0 Å². The molecule has 2 heterocycles. The Kier molecular flexibility index (Phi) is 4.31. The lowest BCUT2D eigenvalue weighted by Crippen LogP contribution is -2.24. The summed E-state index contributed by atoms with van der Waals surface area (Å²) in [5, 5.41) is 3.42. The number of rotatable bonds is 5.